The van der Waals surface area contributed by atoms with Gasteiger partial charge >= 0.3 is 5.97 Å². The van der Waals surface area contributed by atoms with E-state index >= 15 is 0 Å². The monoisotopic (exact) mass is 333 g/mol. The number of hydrogen-bond donors (Lipinski definition) is 2. The molecule has 0 atom stereocenters. The molecule has 1 aliphatic rings. The molecule has 0 unspecified atom stereocenters. The number of anilines is 1. The number of nitrogens with one attached hydrogen (secondary N) is 2. The number of thiocarbonyl (C=S) groups is 1. The molecule has 0 radical (unpaired) electrons. The third-order valence-corrected chi connectivity index (χ3v) is 4.02. The molecule has 124 valence electrons. The van der Waals surface area contributed by atoms with E-state index in [0.29, 0.717) is 30.4 Å². The maximum absolute atomic E-state index is 12.2. The molecule has 0 bridgehead atoms. The molecule has 5 nitrogen and oxygen atoms in total. The van der Waals surface area contributed by atoms with Gasteiger partial charge in [0.25, 0.3) is 0 Å². The molecule has 2 N–H and O–H groups in total. The SMILES string of the molecule is CCN(CCOC(=O)C1=C(C)NC(=S)NC1)c1cccc(C)c1. The lowest BCUT2D eigenvalue weighted by Gasteiger charge is -2.24. The van der Waals surface area contributed by atoms with Gasteiger partial charge < -0.3 is 20.3 Å². The van der Waals surface area contributed by atoms with Crippen molar-refractivity contribution >= 4 is 29.0 Å². The Bertz CT molecular complexity index is 628. The van der Waals surface area contributed by atoms with E-state index in [4.69, 9.17) is 17.0 Å². The second-order valence-electron chi connectivity index (χ2n) is 5.47. The highest BCUT2D eigenvalue weighted by Gasteiger charge is 2.19. The Labute approximate surface area is 142 Å². The first-order chi connectivity index (χ1) is 11.0. The number of carbonyl (C=O) groups excluding carboxylic acids is 1. The number of allylic oxidation sites excluding steroid dienone is 1. The third-order valence-electron chi connectivity index (χ3n) is 3.77. The fourth-order valence-corrected chi connectivity index (χ4v) is 2.67. The summed E-state index contributed by atoms with van der Waals surface area (Å²) >= 11 is 5.01. The average molecular weight is 333 g/mol. The van der Waals surface area contributed by atoms with E-state index < -0.39 is 0 Å². The summed E-state index contributed by atoms with van der Waals surface area (Å²) in [5.74, 6) is -0.301. The summed E-state index contributed by atoms with van der Waals surface area (Å²) in [6.07, 6.45) is 0. The molecular formula is C17H23N3O2S. The van der Waals surface area contributed by atoms with Crippen LogP contribution in [0.4, 0.5) is 5.69 Å². The molecular weight excluding hydrogens is 310 g/mol. The van der Waals surface area contributed by atoms with Crippen LogP contribution in [0.15, 0.2) is 35.5 Å². The zero-order valence-corrected chi connectivity index (χ0v) is 14.6. The van der Waals surface area contributed by atoms with Crippen molar-refractivity contribution in [1.29, 1.82) is 0 Å². The van der Waals surface area contributed by atoms with Crippen LogP contribution in [0.1, 0.15) is 19.4 Å². The average Bonchev–Trinajstić information content (AvgIpc) is 2.51. The zero-order chi connectivity index (χ0) is 16.8. The fraction of sp³-hybridized carbons (Fsp3) is 0.412. The van der Waals surface area contributed by atoms with Gasteiger partial charge in [0.2, 0.25) is 0 Å². The highest BCUT2D eigenvalue weighted by Crippen LogP contribution is 2.15. The maximum Gasteiger partial charge on any atom is 0.337 e. The molecule has 23 heavy (non-hydrogen) atoms. The van der Waals surface area contributed by atoms with Crippen LogP contribution in [0.2, 0.25) is 0 Å². The minimum absolute atomic E-state index is 0.301. The van der Waals surface area contributed by atoms with E-state index in [1.807, 2.05) is 13.0 Å². The second-order valence-corrected chi connectivity index (χ2v) is 5.87. The van der Waals surface area contributed by atoms with Crippen molar-refractivity contribution in [2.45, 2.75) is 20.8 Å². The van der Waals surface area contributed by atoms with Crippen molar-refractivity contribution in [3.05, 3.63) is 41.1 Å². The summed E-state index contributed by atoms with van der Waals surface area (Å²) in [4.78, 5) is 14.3. The van der Waals surface area contributed by atoms with Crippen LogP contribution in [0.3, 0.4) is 0 Å². The Kier molecular flexibility index (Phi) is 5.98. The summed E-state index contributed by atoms with van der Waals surface area (Å²) in [6, 6.07) is 8.31. The van der Waals surface area contributed by atoms with Crippen molar-refractivity contribution in [2.75, 3.05) is 31.1 Å². The first kappa shape index (κ1) is 17.3. The smallest absolute Gasteiger partial charge is 0.337 e. The van der Waals surface area contributed by atoms with E-state index in [2.05, 4.69) is 47.6 Å². The van der Waals surface area contributed by atoms with E-state index in [0.717, 1.165) is 17.9 Å². The lowest BCUT2D eigenvalue weighted by Crippen LogP contribution is -2.43. The highest BCUT2D eigenvalue weighted by atomic mass is 32.1. The fourth-order valence-electron chi connectivity index (χ4n) is 2.45. The normalized spacial score (nSPS) is 14.1. The number of rotatable bonds is 6. The zero-order valence-electron chi connectivity index (χ0n) is 13.8. The predicted molar refractivity (Wildman–Crippen MR) is 96.5 cm³/mol. The number of carbonyl (C=O) groups is 1. The summed E-state index contributed by atoms with van der Waals surface area (Å²) < 4.78 is 5.41. The van der Waals surface area contributed by atoms with Crippen molar-refractivity contribution in [1.82, 2.24) is 10.6 Å². The van der Waals surface area contributed by atoms with Gasteiger partial charge in [0, 0.05) is 17.9 Å². The topological polar surface area (TPSA) is 53.6 Å². The molecule has 6 heteroatoms. The molecule has 2 rings (SSSR count). The standard InChI is InChI=1S/C17H23N3O2S/c1-4-20(14-7-5-6-12(2)10-14)8-9-22-16(21)15-11-18-17(23)19-13(15)3/h5-7,10H,4,8-9,11H2,1-3H3,(H2,18,19,23). The number of benzene rings is 1. The Morgan fingerprint density at radius 1 is 1.39 bits per heavy atom. The number of hydrogen-bond acceptors (Lipinski definition) is 4. The Hall–Kier alpha value is -2.08. The molecule has 0 aromatic heterocycles. The Balaban J connectivity index is 1.89. The number of likely N-dealkylation sites (N-methyl/N-ethyl adjacent to an activating group) is 1. The summed E-state index contributed by atoms with van der Waals surface area (Å²) in [7, 11) is 0. The predicted octanol–water partition coefficient (Wildman–Crippen LogP) is 2.12. The Morgan fingerprint density at radius 3 is 2.83 bits per heavy atom. The van der Waals surface area contributed by atoms with Gasteiger partial charge in [0.15, 0.2) is 5.11 Å². The first-order valence-electron chi connectivity index (χ1n) is 7.74. The molecule has 0 aliphatic carbocycles. The second kappa shape index (κ2) is 7.97. The van der Waals surface area contributed by atoms with Gasteiger partial charge in [-0.05, 0) is 50.7 Å². The molecule has 1 aromatic rings. The van der Waals surface area contributed by atoms with Gasteiger partial charge in [0.1, 0.15) is 6.61 Å². The Morgan fingerprint density at radius 2 is 2.17 bits per heavy atom. The lowest BCUT2D eigenvalue weighted by molar-refractivity contribution is -0.138. The van der Waals surface area contributed by atoms with Gasteiger partial charge in [-0.3, -0.25) is 0 Å². The van der Waals surface area contributed by atoms with Crippen LogP contribution in [0, 0.1) is 6.92 Å². The van der Waals surface area contributed by atoms with Crippen LogP contribution in [-0.2, 0) is 9.53 Å². The van der Waals surface area contributed by atoms with E-state index in [-0.39, 0.29) is 5.97 Å². The van der Waals surface area contributed by atoms with Crippen LogP contribution < -0.4 is 15.5 Å². The van der Waals surface area contributed by atoms with E-state index in [1.165, 1.54) is 5.56 Å². The molecule has 0 saturated heterocycles. The van der Waals surface area contributed by atoms with Gasteiger partial charge in [-0.25, -0.2) is 4.79 Å². The number of nitrogens with zero attached hydrogens (tertiary/aromatic N) is 1. The molecule has 1 heterocycles. The summed E-state index contributed by atoms with van der Waals surface area (Å²) in [6.45, 7) is 8.27. The molecule has 0 spiro atoms. The maximum atomic E-state index is 12.2. The number of aryl methyl sites for hydroxylation is 1. The van der Waals surface area contributed by atoms with Crippen molar-refractivity contribution in [2.24, 2.45) is 0 Å². The summed E-state index contributed by atoms with van der Waals surface area (Å²) in [5, 5.41) is 6.42. The van der Waals surface area contributed by atoms with Gasteiger partial charge in [-0.15, -0.1) is 0 Å². The molecule has 0 amide bonds. The molecule has 1 aliphatic heterocycles. The van der Waals surface area contributed by atoms with Gasteiger partial charge in [-0.1, -0.05) is 12.1 Å². The largest absolute Gasteiger partial charge is 0.460 e. The molecule has 0 saturated carbocycles. The van der Waals surface area contributed by atoms with Crippen LogP contribution in [0.5, 0.6) is 0 Å². The first-order valence-corrected chi connectivity index (χ1v) is 8.15. The number of esters is 1. The highest BCUT2D eigenvalue weighted by molar-refractivity contribution is 7.80. The molecule has 1 aromatic carbocycles. The minimum Gasteiger partial charge on any atom is -0.460 e. The van der Waals surface area contributed by atoms with Gasteiger partial charge in [0.05, 0.1) is 18.7 Å². The van der Waals surface area contributed by atoms with Gasteiger partial charge in [-0.2, -0.15) is 0 Å². The van der Waals surface area contributed by atoms with Crippen LogP contribution >= 0.6 is 12.2 Å². The number of ether oxygens (including phenoxy) is 1. The van der Waals surface area contributed by atoms with Crippen molar-refractivity contribution < 1.29 is 9.53 Å². The minimum atomic E-state index is -0.301. The van der Waals surface area contributed by atoms with Crippen LogP contribution in [0.25, 0.3) is 0 Å². The van der Waals surface area contributed by atoms with Crippen molar-refractivity contribution in [3.8, 4) is 0 Å². The van der Waals surface area contributed by atoms with E-state index in [9.17, 15) is 4.79 Å². The van der Waals surface area contributed by atoms with Crippen LogP contribution in [-0.4, -0.2) is 37.3 Å². The molecule has 0 fully saturated rings. The quantitative estimate of drug-likeness (QED) is 0.614. The van der Waals surface area contributed by atoms with E-state index in [1.54, 1.807) is 0 Å². The lowest BCUT2D eigenvalue weighted by atomic mass is 10.2. The van der Waals surface area contributed by atoms with Crippen molar-refractivity contribution in [3.63, 3.8) is 0 Å². The summed E-state index contributed by atoms with van der Waals surface area (Å²) in [5.41, 5.74) is 3.71. The third kappa shape index (κ3) is 4.69.